The fourth-order valence-electron chi connectivity index (χ4n) is 2.12. The Labute approximate surface area is 131 Å². The molecule has 0 aromatic heterocycles. The molecule has 0 heterocycles. The molecule has 110 valence electrons. The van der Waals surface area contributed by atoms with Gasteiger partial charge in [-0.2, -0.15) is 0 Å². The summed E-state index contributed by atoms with van der Waals surface area (Å²) in [6.45, 7) is 1.63. The van der Waals surface area contributed by atoms with E-state index >= 15 is 0 Å². The average Bonchev–Trinajstić information content (AvgIpc) is 2.48. The van der Waals surface area contributed by atoms with Crippen LogP contribution in [0.15, 0.2) is 53.0 Å². The molecule has 2 aromatic carbocycles. The van der Waals surface area contributed by atoms with Gasteiger partial charge in [-0.25, -0.2) is 4.79 Å². The largest absolute Gasteiger partial charge is 0.495 e. The monoisotopic (exact) mass is 349 g/mol. The summed E-state index contributed by atoms with van der Waals surface area (Å²) in [5.74, 6) is -0.377. The second-order valence-corrected chi connectivity index (χ2v) is 5.59. The van der Waals surface area contributed by atoms with E-state index in [0.717, 1.165) is 4.47 Å². The third kappa shape index (κ3) is 3.03. The van der Waals surface area contributed by atoms with Gasteiger partial charge in [-0.15, -0.1) is 0 Å². The molecule has 21 heavy (non-hydrogen) atoms. The molecule has 5 heteroatoms. The normalized spacial score (nSPS) is 13.3. The van der Waals surface area contributed by atoms with Crippen LogP contribution in [0.2, 0.25) is 0 Å². The molecule has 0 amide bonds. The van der Waals surface area contributed by atoms with E-state index in [1.807, 2.05) is 30.3 Å². The Morgan fingerprint density at radius 3 is 2.43 bits per heavy atom. The number of anilines is 1. The first-order valence-corrected chi connectivity index (χ1v) is 7.18. The molecule has 2 N–H and O–H groups in total. The number of carbonyl (C=O) groups is 1. The predicted molar refractivity (Wildman–Crippen MR) is 85.7 cm³/mol. The number of halogens is 1. The van der Waals surface area contributed by atoms with Crippen molar-refractivity contribution < 1.29 is 14.6 Å². The average molecular weight is 350 g/mol. The zero-order valence-corrected chi connectivity index (χ0v) is 13.3. The second kappa shape index (κ2) is 6.18. The molecule has 0 saturated heterocycles. The number of carboxylic acid groups (broad SMARTS) is 1. The molecule has 0 aliphatic rings. The maximum atomic E-state index is 11.9. The summed E-state index contributed by atoms with van der Waals surface area (Å²) in [5.41, 5.74) is -0.0154. The Kier molecular flexibility index (Phi) is 4.53. The Morgan fingerprint density at radius 2 is 1.81 bits per heavy atom. The van der Waals surface area contributed by atoms with Crippen LogP contribution in [0.5, 0.6) is 5.75 Å². The van der Waals surface area contributed by atoms with Gasteiger partial charge in [-0.3, -0.25) is 0 Å². The molecule has 0 aliphatic carbocycles. The van der Waals surface area contributed by atoms with Gasteiger partial charge in [0.1, 0.15) is 5.75 Å². The molecule has 1 unspecified atom stereocenters. The van der Waals surface area contributed by atoms with Crippen molar-refractivity contribution in [3.63, 3.8) is 0 Å². The highest BCUT2D eigenvalue weighted by atomic mass is 79.9. The summed E-state index contributed by atoms with van der Waals surface area (Å²) >= 11 is 3.41. The predicted octanol–water partition coefficient (Wildman–Crippen LogP) is 3.87. The van der Waals surface area contributed by atoms with E-state index in [4.69, 9.17) is 4.74 Å². The first-order chi connectivity index (χ1) is 9.99. The van der Waals surface area contributed by atoms with E-state index in [9.17, 15) is 9.90 Å². The molecule has 0 radical (unpaired) electrons. The maximum absolute atomic E-state index is 11.9. The quantitative estimate of drug-likeness (QED) is 0.860. The van der Waals surface area contributed by atoms with Gasteiger partial charge in [-0.05, 0) is 25.1 Å². The molecule has 0 saturated carbocycles. The lowest BCUT2D eigenvalue weighted by molar-refractivity contribution is -0.142. The van der Waals surface area contributed by atoms with E-state index in [1.54, 1.807) is 32.2 Å². The number of benzene rings is 2. The van der Waals surface area contributed by atoms with Crippen molar-refractivity contribution in [1.29, 1.82) is 0 Å². The fourth-order valence-corrected chi connectivity index (χ4v) is 2.80. The number of rotatable bonds is 5. The zero-order valence-electron chi connectivity index (χ0n) is 11.8. The molecule has 0 bridgehead atoms. The van der Waals surface area contributed by atoms with Crippen molar-refractivity contribution in [2.45, 2.75) is 12.5 Å². The number of carboxylic acids is 1. The molecule has 1 atom stereocenters. The fraction of sp³-hybridized carbons (Fsp3) is 0.188. The van der Waals surface area contributed by atoms with Crippen LogP contribution in [0.1, 0.15) is 12.5 Å². The van der Waals surface area contributed by atoms with Gasteiger partial charge in [0.05, 0.1) is 12.8 Å². The van der Waals surface area contributed by atoms with Crippen LogP contribution in [-0.4, -0.2) is 18.2 Å². The molecule has 2 rings (SSSR count). The van der Waals surface area contributed by atoms with Crippen molar-refractivity contribution in [2.75, 3.05) is 12.4 Å². The van der Waals surface area contributed by atoms with Gasteiger partial charge in [0, 0.05) is 10.0 Å². The third-order valence-electron chi connectivity index (χ3n) is 3.33. The van der Waals surface area contributed by atoms with Crippen molar-refractivity contribution in [3.05, 3.63) is 58.6 Å². The Bertz CT molecular complexity index is 659. The molecular weight excluding hydrogens is 334 g/mol. The second-order valence-electron chi connectivity index (χ2n) is 4.74. The van der Waals surface area contributed by atoms with Gasteiger partial charge in [0.25, 0.3) is 0 Å². The standard InChI is InChI=1S/C16H16BrNO3/c1-16(15(19)20,11-7-3-4-8-12(11)17)18-13-9-5-6-10-14(13)21-2/h3-10,18H,1-2H3,(H,19,20). The summed E-state index contributed by atoms with van der Waals surface area (Å²) in [6, 6.07) is 14.5. The van der Waals surface area contributed by atoms with Crippen LogP contribution in [0.3, 0.4) is 0 Å². The maximum Gasteiger partial charge on any atom is 0.333 e. The highest BCUT2D eigenvalue weighted by molar-refractivity contribution is 9.10. The Balaban J connectivity index is 2.49. The number of aliphatic carboxylic acids is 1. The van der Waals surface area contributed by atoms with Crippen LogP contribution < -0.4 is 10.1 Å². The first-order valence-electron chi connectivity index (χ1n) is 6.38. The summed E-state index contributed by atoms with van der Waals surface area (Å²) in [5, 5.41) is 12.8. The lowest BCUT2D eigenvalue weighted by Gasteiger charge is -2.29. The van der Waals surface area contributed by atoms with Gasteiger partial charge in [0.2, 0.25) is 0 Å². The van der Waals surface area contributed by atoms with Crippen LogP contribution in [0.25, 0.3) is 0 Å². The highest BCUT2D eigenvalue weighted by Crippen LogP contribution is 2.35. The van der Waals surface area contributed by atoms with E-state index in [2.05, 4.69) is 21.2 Å². The molecule has 4 nitrogen and oxygen atoms in total. The number of para-hydroxylation sites is 2. The Morgan fingerprint density at radius 1 is 1.19 bits per heavy atom. The van der Waals surface area contributed by atoms with E-state index in [-0.39, 0.29) is 0 Å². The molecule has 0 spiro atoms. The molecule has 0 aliphatic heterocycles. The summed E-state index contributed by atoms with van der Waals surface area (Å²) in [6.07, 6.45) is 0. The summed E-state index contributed by atoms with van der Waals surface area (Å²) in [7, 11) is 1.55. The smallest absolute Gasteiger partial charge is 0.333 e. The van der Waals surface area contributed by atoms with Gasteiger partial charge in [-0.1, -0.05) is 46.3 Å². The Hall–Kier alpha value is -2.01. The van der Waals surface area contributed by atoms with Crippen molar-refractivity contribution >= 4 is 27.6 Å². The number of methoxy groups -OCH3 is 1. The van der Waals surface area contributed by atoms with Crippen LogP contribution >= 0.6 is 15.9 Å². The molecular formula is C16H16BrNO3. The van der Waals surface area contributed by atoms with Crippen LogP contribution in [-0.2, 0) is 10.3 Å². The van der Waals surface area contributed by atoms with Crippen molar-refractivity contribution in [3.8, 4) is 5.75 Å². The summed E-state index contributed by atoms with van der Waals surface area (Å²) in [4.78, 5) is 11.9. The number of nitrogens with one attached hydrogen (secondary N) is 1. The van der Waals surface area contributed by atoms with Crippen LogP contribution in [0, 0.1) is 0 Å². The van der Waals surface area contributed by atoms with Crippen molar-refractivity contribution in [1.82, 2.24) is 0 Å². The lowest BCUT2D eigenvalue weighted by Crippen LogP contribution is -2.40. The van der Waals surface area contributed by atoms with Crippen LogP contribution in [0.4, 0.5) is 5.69 Å². The van der Waals surface area contributed by atoms with Crippen molar-refractivity contribution in [2.24, 2.45) is 0 Å². The number of hydrogen-bond donors (Lipinski definition) is 2. The van der Waals surface area contributed by atoms with Gasteiger partial charge >= 0.3 is 5.97 Å². The number of hydrogen-bond acceptors (Lipinski definition) is 3. The van der Waals surface area contributed by atoms with Gasteiger partial charge < -0.3 is 15.2 Å². The molecule has 2 aromatic rings. The van der Waals surface area contributed by atoms with E-state index in [0.29, 0.717) is 17.0 Å². The van der Waals surface area contributed by atoms with E-state index < -0.39 is 11.5 Å². The van der Waals surface area contributed by atoms with E-state index in [1.165, 1.54) is 0 Å². The topological polar surface area (TPSA) is 58.6 Å². The zero-order chi connectivity index (χ0) is 15.5. The first kappa shape index (κ1) is 15.4. The minimum absolute atomic E-state index is 0.594. The third-order valence-corrected chi connectivity index (χ3v) is 4.02. The summed E-state index contributed by atoms with van der Waals surface area (Å²) < 4.78 is 6.00. The number of ether oxygens (including phenoxy) is 1. The minimum Gasteiger partial charge on any atom is -0.495 e. The van der Waals surface area contributed by atoms with Gasteiger partial charge in [0.15, 0.2) is 5.54 Å². The SMILES string of the molecule is COc1ccccc1NC(C)(C(=O)O)c1ccccc1Br. The molecule has 0 fully saturated rings. The highest BCUT2D eigenvalue weighted by Gasteiger charge is 2.37. The minimum atomic E-state index is -1.28. The lowest BCUT2D eigenvalue weighted by atomic mass is 9.91.